The fourth-order valence-electron chi connectivity index (χ4n) is 4.01. The third-order valence-corrected chi connectivity index (χ3v) is 6.07. The maximum atomic E-state index is 13.1. The van der Waals surface area contributed by atoms with Gasteiger partial charge in [0.15, 0.2) is 11.9 Å². The van der Waals surface area contributed by atoms with Crippen LogP contribution in [0.4, 0.5) is 0 Å². The SMILES string of the molecule is CCOC(=O)[C@H](O)C[C@@H](Cc1ccc(-c2cccc(Cl)c2)cc1)NC(=O)c1cc(=O)n(-c2ccccn2)[nH]1. The van der Waals surface area contributed by atoms with E-state index in [1.165, 1.54) is 12.3 Å². The standard InChI is InChI=1S/C28H27ClN4O5/c1-2-38-28(37)24(34)16-22(14-18-9-11-19(12-10-18)20-6-5-7-21(29)15-20)31-27(36)23-17-26(35)33(32-23)25-8-3-4-13-30-25/h3-13,15,17,22,24,32,34H,2,14,16H2,1H3,(H,31,36)/t22-,24-/m1/s1. The van der Waals surface area contributed by atoms with Crippen LogP contribution in [-0.2, 0) is 16.0 Å². The molecule has 0 bridgehead atoms. The van der Waals surface area contributed by atoms with Crippen LogP contribution in [0.15, 0.2) is 83.8 Å². The first kappa shape index (κ1) is 26.8. The van der Waals surface area contributed by atoms with Crippen molar-refractivity contribution >= 4 is 23.5 Å². The first-order chi connectivity index (χ1) is 18.3. The van der Waals surface area contributed by atoms with Crippen molar-refractivity contribution in [2.75, 3.05) is 6.61 Å². The third kappa shape index (κ3) is 6.76. The summed E-state index contributed by atoms with van der Waals surface area (Å²) in [5, 5.41) is 16.6. The first-order valence-corrected chi connectivity index (χ1v) is 12.5. The summed E-state index contributed by atoms with van der Waals surface area (Å²) in [5.74, 6) is -0.989. The van der Waals surface area contributed by atoms with Gasteiger partial charge in [-0.05, 0) is 54.3 Å². The molecule has 0 saturated carbocycles. The van der Waals surface area contributed by atoms with Gasteiger partial charge in [-0.2, -0.15) is 0 Å². The molecule has 0 radical (unpaired) electrons. The third-order valence-electron chi connectivity index (χ3n) is 5.84. The maximum Gasteiger partial charge on any atom is 0.335 e. The van der Waals surface area contributed by atoms with E-state index < -0.39 is 29.6 Å². The molecule has 4 rings (SSSR count). The summed E-state index contributed by atoms with van der Waals surface area (Å²) >= 11 is 6.11. The number of hydrogen-bond acceptors (Lipinski definition) is 6. The van der Waals surface area contributed by atoms with Crippen molar-refractivity contribution in [1.82, 2.24) is 20.1 Å². The maximum absolute atomic E-state index is 13.1. The largest absolute Gasteiger partial charge is 0.464 e. The zero-order chi connectivity index (χ0) is 27.1. The van der Waals surface area contributed by atoms with E-state index in [4.69, 9.17) is 16.3 Å². The summed E-state index contributed by atoms with van der Waals surface area (Å²) in [5.41, 5.74) is 2.38. The van der Waals surface area contributed by atoms with Crippen molar-refractivity contribution in [3.05, 3.63) is 106 Å². The molecule has 0 aliphatic heterocycles. The fourth-order valence-corrected chi connectivity index (χ4v) is 4.21. The van der Waals surface area contributed by atoms with Crippen LogP contribution in [0, 0.1) is 0 Å². The van der Waals surface area contributed by atoms with Crippen molar-refractivity contribution in [3.8, 4) is 16.9 Å². The van der Waals surface area contributed by atoms with Crippen LogP contribution in [0.3, 0.4) is 0 Å². The van der Waals surface area contributed by atoms with Crippen LogP contribution < -0.4 is 10.9 Å². The molecule has 9 nitrogen and oxygen atoms in total. The molecule has 2 heterocycles. The Morgan fingerprint density at radius 3 is 2.55 bits per heavy atom. The van der Waals surface area contributed by atoms with Crippen LogP contribution in [0.5, 0.6) is 0 Å². The number of ether oxygens (including phenoxy) is 1. The van der Waals surface area contributed by atoms with E-state index in [1.54, 1.807) is 31.2 Å². The molecule has 2 aromatic carbocycles. The van der Waals surface area contributed by atoms with Crippen LogP contribution in [0.1, 0.15) is 29.4 Å². The van der Waals surface area contributed by atoms with E-state index in [0.29, 0.717) is 17.3 Å². The second-order valence-electron chi connectivity index (χ2n) is 8.62. The van der Waals surface area contributed by atoms with Gasteiger partial charge < -0.3 is 15.2 Å². The molecule has 196 valence electrons. The number of halogens is 1. The molecule has 38 heavy (non-hydrogen) atoms. The molecule has 0 spiro atoms. The molecule has 0 fully saturated rings. The van der Waals surface area contributed by atoms with Gasteiger partial charge in [0.05, 0.1) is 6.61 Å². The number of aliphatic hydroxyl groups excluding tert-OH is 1. The van der Waals surface area contributed by atoms with Gasteiger partial charge in [-0.15, -0.1) is 0 Å². The quantitative estimate of drug-likeness (QED) is 0.267. The van der Waals surface area contributed by atoms with E-state index in [0.717, 1.165) is 21.4 Å². The second kappa shape index (κ2) is 12.4. The molecule has 4 aromatic rings. The number of carbonyl (C=O) groups is 2. The number of rotatable bonds is 10. The monoisotopic (exact) mass is 534 g/mol. The number of esters is 1. The molecule has 3 N–H and O–H groups in total. The van der Waals surface area contributed by atoms with Gasteiger partial charge in [0.25, 0.3) is 11.5 Å². The lowest BCUT2D eigenvalue weighted by Crippen LogP contribution is -2.41. The number of benzene rings is 2. The summed E-state index contributed by atoms with van der Waals surface area (Å²) in [6.07, 6.45) is 0.352. The zero-order valence-electron chi connectivity index (χ0n) is 20.6. The molecule has 0 aliphatic rings. The van der Waals surface area contributed by atoms with Crippen LogP contribution in [0.25, 0.3) is 16.9 Å². The summed E-state index contributed by atoms with van der Waals surface area (Å²) in [4.78, 5) is 41.7. The molecule has 10 heteroatoms. The summed E-state index contributed by atoms with van der Waals surface area (Å²) in [7, 11) is 0. The van der Waals surface area contributed by atoms with Gasteiger partial charge in [-0.1, -0.05) is 54.1 Å². The molecule has 0 saturated heterocycles. The Morgan fingerprint density at radius 2 is 1.87 bits per heavy atom. The van der Waals surface area contributed by atoms with Crippen molar-refractivity contribution in [2.45, 2.75) is 31.9 Å². The minimum Gasteiger partial charge on any atom is -0.464 e. The van der Waals surface area contributed by atoms with E-state index in [-0.39, 0.29) is 18.7 Å². The Balaban J connectivity index is 1.53. The van der Waals surface area contributed by atoms with E-state index in [9.17, 15) is 19.5 Å². The molecule has 0 unspecified atom stereocenters. The highest BCUT2D eigenvalue weighted by Crippen LogP contribution is 2.23. The predicted octanol–water partition coefficient (Wildman–Crippen LogP) is 3.54. The van der Waals surface area contributed by atoms with Crippen molar-refractivity contribution < 1.29 is 19.4 Å². The Morgan fingerprint density at radius 1 is 1.08 bits per heavy atom. The Kier molecular flexibility index (Phi) is 8.73. The Labute approximate surface area is 224 Å². The number of aromatic amines is 1. The van der Waals surface area contributed by atoms with Crippen molar-refractivity contribution in [3.63, 3.8) is 0 Å². The summed E-state index contributed by atoms with van der Waals surface area (Å²) in [6.45, 7) is 1.77. The number of H-pyrrole nitrogens is 1. The zero-order valence-corrected chi connectivity index (χ0v) is 21.4. The minimum absolute atomic E-state index is 0.0209. The molecular weight excluding hydrogens is 508 g/mol. The summed E-state index contributed by atoms with van der Waals surface area (Å²) < 4.78 is 6.08. The predicted molar refractivity (Wildman–Crippen MR) is 143 cm³/mol. The van der Waals surface area contributed by atoms with Crippen molar-refractivity contribution in [1.29, 1.82) is 0 Å². The normalized spacial score (nSPS) is 12.5. The fraction of sp³-hybridized carbons (Fsp3) is 0.214. The number of hydrogen-bond donors (Lipinski definition) is 3. The second-order valence-corrected chi connectivity index (χ2v) is 9.05. The number of pyridine rings is 1. The molecular formula is C28H27ClN4O5. The number of amides is 1. The average molecular weight is 535 g/mol. The lowest BCUT2D eigenvalue weighted by Gasteiger charge is -2.21. The van der Waals surface area contributed by atoms with E-state index in [2.05, 4.69) is 15.4 Å². The molecule has 0 aliphatic carbocycles. The first-order valence-electron chi connectivity index (χ1n) is 12.1. The van der Waals surface area contributed by atoms with Crippen LogP contribution in [0.2, 0.25) is 5.02 Å². The topological polar surface area (TPSA) is 126 Å². The smallest absolute Gasteiger partial charge is 0.335 e. The van der Waals surface area contributed by atoms with Gasteiger partial charge in [0.1, 0.15) is 5.69 Å². The number of carbonyl (C=O) groups excluding carboxylic acids is 2. The lowest BCUT2D eigenvalue weighted by atomic mass is 9.97. The van der Waals surface area contributed by atoms with Crippen molar-refractivity contribution in [2.24, 2.45) is 0 Å². The van der Waals surface area contributed by atoms with Gasteiger partial charge in [-0.25, -0.2) is 14.5 Å². The number of aromatic nitrogens is 3. The van der Waals surface area contributed by atoms with Gasteiger partial charge >= 0.3 is 5.97 Å². The molecule has 1 amide bonds. The number of nitrogens with one attached hydrogen (secondary N) is 2. The van der Waals surface area contributed by atoms with Crippen LogP contribution in [-0.4, -0.2) is 50.5 Å². The number of nitrogens with zero attached hydrogens (tertiary/aromatic N) is 2. The Bertz CT molecular complexity index is 1450. The lowest BCUT2D eigenvalue weighted by molar-refractivity contribution is -0.153. The van der Waals surface area contributed by atoms with Gasteiger partial charge in [0.2, 0.25) is 0 Å². The Hall–Kier alpha value is -4.21. The summed E-state index contributed by atoms with van der Waals surface area (Å²) in [6, 6.07) is 20.8. The average Bonchev–Trinajstić information content (AvgIpc) is 3.31. The van der Waals surface area contributed by atoms with Crippen LogP contribution >= 0.6 is 11.6 Å². The van der Waals surface area contributed by atoms with E-state index in [1.807, 2.05) is 42.5 Å². The van der Waals surface area contributed by atoms with E-state index >= 15 is 0 Å². The minimum atomic E-state index is -1.43. The van der Waals surface area contributed by atoms with Gasteiger partial charge in [0, 0.05) is 29.7 Å². The molecule has 2 aromatic heterocycles. The van der Waals surface area contributed by atoms with Gasteiger partial charge in [-0.3, -0.25) is 14.7 Å². The molecule has 2 atom stereocenters. The highest BCUT2D eigenvalue weighted by molar-refractivity contribution is 6.30. The highest BCUT2D eigenvalue weighted by atomic mass is 35.5. The number of aliphatic hydroxyl groups is 1. The highest BCUT2D eigenvalue weighted by Gasteiger charge is 2.25.